The molecule has 1 aliphatic carbocycles. The van der Waals surface area contributed by atoms with Crippen molar-refractivity contribution in [2.45, 2.75) is 51.2 Å². The topological polar surface area (TPSA) is 52.3 Å². The molecule has 1 aromatic heterocycles. The Morgan fingerprint density at radius 1 is 1.56 bits per heavy atom. The maximum Gasteiger partial charge on any atom is 0.328 e. The van der Waals surface area contributed by atoms with Crippen molar-refractivity contribution in [1.82, 2.24) is 0 Å². The summed E-state index contributed by atoms with van der Waals surface area (Å²) < 4.78 is 5.62. The lowest BCUT2D eigenvalue weighted by Crippen LogP contribution is -2.33. The van der Waals surface area contributed by atoms with Gasteiger partial charge >= 0.3 is 5.97 Å². The van der Waals surface area contributed by atoms with E-state index in [1.54, 1.807) is 0 Å². The van der Waals surface area contributed by atoms with Crippen LogP contribution in [0.25, 0.3) is 0 Å². The van der Waals surface area contributed by atoms with Crippen molar-refractivity contribution in [1.29, 1.82) is 0 Å². The molecule has 1 aliphatic rings. The molecule has 0 aromatic carbocycles. The summed E-state index contributed by atoms with van der Waals surface area (Å²) in [7, 11) is 0. The van der Waals surface area contributed by atoms with Gasteiger partial charge in [-0.1, -0.05) is 19.4 Å². The van der Waals surface area contributed by atoms with Crippen LogP contribution in [0, 0.1) is 5.92 Å². The fraction of sp³-hybridized carbons (Fsp3) is 0.643. The number of ether oxygens (including phenoxy) is 1. The van der Waals surface area contributed by atoms with Crippen LogP contribution in [0.2, 0.25) is 0 Å². The summed E-state index contributed by atoms with van der Waals surface area (Å²) in [5, 5.41) is 1.93. The van der Waals surface area contributed by atoms with E-state index in [1.165, 1.54) is 24.2 Å². The highest BCUT2D eigenvalue weighted by atomic mass is 32.1. The molecule has 4 heteroatoms. The molecule has 0 saturated heterocycles. The molecule has 3 nitrogen and oxygen atoms in total. The molecule has 1 fully saturated rings. The van der Waals surface area contributed by atoms with Gasteiger partial charge in [0.2, 0.25) is 0 Å². The van der Waals surface area contributed by atoms with E-state index in [1.807, 2.05) is 17.5 Å². The number of hydrogen-bond donors (Lipinski definition) is 1. The number of nitrogens with two attached hydrogens (primary N) is 1. The Balaban J connectivity index is 1.93. The summed E-state index contributed by atoms with van der Waals surface area (Å²) in [6.07, 6.45) is 5.71. The predicted octanol–water partition coefficient (Wildman–Crippen LogP) is 3.26. The van der Waals surface area contributed by atoms with Gasteiger partial charge in [0.05, 0.1) is 0 Å². The number of esters is 1. The summed E-state index contributed by atoms with van der Waals surface area (Å²) in [6.45, 7) is 2.16. The van der Waals surface area contributed by atoms with E-state index in [9.17, 15) is 4.79 Å². The Bertz CT molecular complexity index is 377. The third kappa shape index (κ3) is 3.12. The second kappa shape index (κ2) is 6.34. The SMILES string of the molecule is CCC1CCCCC1OC(=O)C(N)c1cccs1. The average Bonchev–Trinajstić information content (AvgIpc) is 2.92. The molecule has 0 amide bonds. The second-order valence-corrected chi connectivity index (χ2v) is 5.90. The van der Waals surface area contributed by atoms with Crippen molar-refractivity contribution in [3.63, 3.8) is 0 Å². The van der Waals surface area contributed by atoms with E-state index in [4.69, 9.17) is 10.5 Å². The minimum Gasteiger partial charge on any atom is -0.461 e. The Labute approximate surface area is 112 Å². The third-order valence-electron chi connectivity index (χ3n) is 3.73. The number of carbonyl (C=O) groups is 1. The van der Waals surface area contributed by atoms with Crippen molar-refractivity contribution in [3.8, 4) is 0 Å². The molecule has 18 heavy (non-hydrogen) atoms. The quantitative estimate of drug-likeness (QED) is 0.852. The molecule has 100 valence electrons. The lowest BCUT2D eigenvalue weighted by Gasteiger charge is -2.31. The van der Waals surface area contributed by atoms with E-state index in [0.29, 0.717) is 5.92 Å². The van der Waals surface area contributed by atoms with E-state index in [0.717, 1.165) is 24.1 Å². The van der Waals surface area contributed by atoms with Gasteiger partial charge in [-0.25, -0.2) is 4.79 Å². The van der Waals surface area contributed by atoms with E-state index < -0.39 is 6.04 Å². The lowest BCUT2D eigenvalue weighted by atomic mass is 9.85. The molecule has 1 saturated carbocycles. The van der Waals surface area contributed by atoms with Crippen molar-refractivity contribution in [3.05, 3.63) is 22.4 Å². The fourth-order valence-corrected chi connectivity index (χ4v) is 3.32. The first-order valence-corrected chi connectivity index (χ1v) is 7.59. The monoisotopic (exact) mass is 267 g/mol. The standard InChI is InChI=1S/C14H21NO2S/c1-2-10-6-3-4-7-11(10)17-14(16)13(15)12-8-5-9-18-12/h5,8-11,13H,2-4,6-7,15H2,1H3. The Kier molecular flexibility index (Phi) is 4.78. The zero-order chi connectivity index (χ0) is 13.0. The molecule has 0 radical (unpaired) electrons. The minimum atomic E-state index is -0.621. The van der Waals surface area contributed by atoms with E-state index in [-0.39, 0.29) is 12.1 Å². The van der Waals surface area contributed by atoms with Crippen LogP contribution >= 0.6 is 11.3 Å². The van der Waals surface area contributed by atoms with Gasteiger partial charge in [0, 0.05) is 4.88 Å². The Morgan fingerprint density at radius 2 is 2.33 bits per heavy atom. The molecule has 0 aliphatic heterocycles. The zero-order valence-corrected chi connectivity index (χ0v) is 11.6. The van der Waals surface area contributed by atoms with Crippen LogP contribution in [0.1, 0.15) is 49.9 Å². The van der Waals surface area contributed by atoms with Crippen LogP contribution in [0.5, 0.6) is 0 Å². The molecule has 2 N–H and O–H groups in total. The first kappa shape index (κ1) is 13.6. The molecule has 1 aromatic rings. The molecule has 0 spiro atoms. The number of thiophene rings is 1. The summed E-state index contributed by atoms with van der Waals surface area (Å²) in [6, 6.07) is 3.17. The van der Waals surface area contributed by atoms with Crippen LogP contribution < -0.4 is 5.73 Å². The summed E-state index contributed by atoms with van der Waals surface area (Å²) in [4.78, 5) is 12.9. The van der Waals surface area contributed by atoms with Gasteiger partial charge < -0.3 is 10.5 Å². The van der Waals surface area contributed by atoms with Gasteiger partial charge in [0.1, 0.15) is 12.1 Å². The maximum atomic E-state index is 12.0. The van der Waals surface area contributed by atoms with Crippen LogP contribution in [0.4, 0.5) is 0 Å². The van der Waals surface area contributed by atoms with Crippen LogP contribution in [0.15, 0.2) is 17.5 Å². The molecule has 2 rings (SSSR count). The first-order chi connectivity index (χ1) is 8.72. The van der Waals surface area contributed by atoms with Gasteiger partial charge in [-0.15, -0.1) is 11.3 Å². The van der Waals surface area contributed by atoms with Gasteiger partial charge in [-0.2, -0.15) is 0 Å². The van der Waals surface area contributed by atoms with Crippen LogP contribution in [-0.2, 0) is 9.53 Å². The summed E-state index contributed by atoms with van der Waals surface area (Å²) in [5.74, 6) is 0.237. The highest BCUT2D eigenvalue weighted by Crippen LogP contribution is 2.30. The second-order valence-electron chi connectivity index (χ2n) is 4.92. The van der Waals surface area contributed by atoms with Crippen molar-refractivity contribution in [2.24, 2.45) is 11.7 Å². The fourth-order valence-electron chi connectivity index (χ4n) is 2.60. The van der Waals surface area contributed by atoms with E-state index in [2.05, 4.69) is 6.92 Å². The highest BCUT2D eigenvalue weighted by molar-refractivity contribution is 7.10. The van der Waals surface area contributed by atoms with E-state index >= 15 is 0 Å². The summed E-state index contributed by atoms with van der Waals surface area (Å²) >= 11 is 1.50. The van der Waals surface area contributed by atoms with Gasteiger partial charge in [0.15, 0.2) is 0 Å². The van der Waals surface area contributed by atoms with Gasteiger partial charge in [-0.3, -0.25) is 0 Å². The molecule has 1 heterocycles. The first-order valence-electron chi connectivity index (χ1n) is 6.71. The minimum absolute atomic E-state index is 0.0715. The van der Waals surface area contributed by atoms with Crippen molar-refractivity contribution < 1.29 is 9.53 Å². The largest absolute Gasteiger partial charge is 0.461 e. The lowest BCUT2D eigenvalue weighted by molar-refractivity contribution is -0.155. The van der Waals surface area contributed by atoms with Crippen molar-refractivity contribution >= 4 is 17.3 Å². The van der Waals surface area contributed by atoms with Gasteiger partial charge in [0.25, 0.3) is 0 Å². The molecular weight excluding hydrogens is 246 g/mol. The molecule has 3 unspecified atom stereocenters. The molecule has 3 atom stereocenters. The highest BCUT2D eigenvalue weighted by Gasteiger charge is 2.29. The third-order valence-corrected chi connectivity index (χ3v) is 4.69. The summed E-state index contributed by atoms with van der Waals surface area (Å²) in [5.41, 5.74) is 5.92. The normalized spacial score (nSPS) is 25.7. The number of rotatable bonds is 4. The van der Waals surface area contributed by atoms with Crippen LogP contribution in [-0.4, -0.2) is 12.1 Å². The predicted molar refractivity (Wildman–Crippen MR) is 73.4 cm³/mol. The van der Waals surface area contributed by atoms with Crippen molar-refractivity contribution in [2.75, 3.05) is 0 Å². The number of hydrogen-bond acceptors (Lipinski definition) is 4. The maximum absolute atomic E-state index is 12.0. The molecule has 0 bridgehead atoms. The molecular formula is C14H21NO2S. The number of carbonyl (C=O) groups excluding carboxylic acids is 1. The Morgan fingerprint density at radius 3 is 3.00 bits per heavy atom. The average molecular weight is 267 g/mol. The van der Waals surface area contributed by atoms with Gasteiger partial charge in [-0.05, 0) is 43.0 Å². The Hall–Kier alpha value is -0.870. The zero-order valence-electron chi connectivity index (χ0n) is 10.8. The van der Waals surface area contributed by atoms with Crippen LogP contribution in [0.3, 0.4) is 0 Å². The smallest absolute Gasteiger partial charge is 0.328 e.